The molecular formula is C14H24N2O3. The van der Waals surface area contributed by atoms with Crippen molar-refractivity contribution in [3.05, 3.63) is 0 Å². The molecule has 0 aromatic heterocycles. The van der Waals surface area contributed by atoms with Gasteiger partial charge in [0.2, 0.25) is 0 Å². The third-order valence-electron chi connectivity index (χ3n) is 4.66. The molecule has 0 aromatic rings. The van der Waals surface area contributed by atoms with E-state index < -0.39 is 11.5 Å². The van der Waals surface area contributed by atoms with Crippen LogP contribution < -0.4 is 10.6 Å². The van der Waals surface area contributed by atoms with Gasteiger partial charge in [-0.15, -0.1) is 0 Å². The van der Waals surface area contributed by atoms with E-state index in [1.165, 1.54) is 0 Å². The SMILES string of the molecule is CC1(C)CC1CNC(=O)NC1(CC(=O)O)CCCC1. The number of rotatable bonds is 5. The molecule has 0 radical (unpaired) electrons. The fraction of sp³-hybridized carbons (Fsp3) is 0.857. The lowest BCUT2D eigenvalue weighted by molar-refractivity contribution is -0.138. The third-order valence-corrected chi connectivity index (χ3v) is 4.66. The smallest absolute Gasteiger partial charge is 0.315 e. The molecule has 0 aliphatic heterocycles. The summed E-state index contributed by atoms with van der Waals surface area (Å²) < 4.78 is 0. The van der Waals surface area contributed by atoms with Gasteiger partial charge in [0, 0.05) is 6.54 Å². The molecule has 5 nitrogen and oxygen atoms in total. The number of nitrogens with one attached hydrogen (secondary N) is 2. The Balaban J connectivity index is 1.80. The van der Waals surface area contributed by atoms with E-state index in [4.69, 9.17) is 5.11 Å². The Morgan fingerprint density at radius 2 is 1.84 bits per heavy atom. The predicted molar refractivity (Wildman–Crippen MR) is 71.9 cm³/mol. The Kier molecular flexibility index (Phi) is 3.74. The number of amides is 2. The van der Waals surface area contributed by atoms with E-state index in [9.17, 15) is 9.59 Å². The summed E-state index contributed by atoms with van der Waals surface area (Å²) in [5.74, 6) is -0.289. The molecule has 108 valence electrons. The highest BCUT2D eigenvalue weighted by Gasteiger charge is 2.45. The third kappa shape index (κ3) is 3.61. The van der Waals surface area contributed by atoms with E-state index >= 15 is 0 Å². The zero-order valence-electron chi connectivity index (χ0n) is 11.8. The molecule has 3 N–H and O–H groups in total. The fourth-order valence-corrected chi connectivity index (χ4v) is 3.11. The summed E-state index contributed by atoms with van der Waals surface area (Å²) in [6.45, 7) is 5.07. The van der Waals surface area contributed by atoms with Crippen LogP contribution in [-0.4, -0.2) is 29.2 Å². The molecule has 19 heavy (non-hydrogen) atoms. The summed E-state index contributed by atoms with van der Waals surface area (Å²) in [7, 11) is 0. The van der Waals surface area contributed by atoms with Gasteiger partial charge in [0.05, 0.1) is 12.0 Å². The molecular weight excluding hydrogens is 244 g/mol. The standard InChI is InChI=1S/C14H24N2O3/c1-13(2)7-10(13)9-15-12(19)16-14(8-11(17)18)5-3-4-6-14/h10H,3-9H2,1-2H3,(H,17,18)(H2,15,16,19). The lowest BCUT2D eigenvalue weighted by Gasteiger charge is -2.28. The summed E-state index contributed by atoms with van der Waals surface area (Å²) in [5.41, 5.74) is -0.186. The van der Waals surface area contributed by atoms with Crippen LogP contribution in [0.4, 0.5) is 4.79 Å². The second kappa shape index (κ2) is 5.02. The van der Waals surface area contributed by atoms with E-state index in [1.54, 1.807) is 0 Å². The maximum atomic E-state index is 11.9. The van der Waals surface area contributed by atoms with Gasteiger partial charge >= 0.3 is 12.0 Å². The fourth-order valence-electron chi connectivity index (χ4n) is 3.11. The minimum atomic E-state index is -0.842. The Hall–Kier alpha value is -1.26. The van der Waals surface area contributed by atoms with E-state index in [0.29, 0.717) is 17.9 Å². The van der Waals surface area contributed by atoms with Crippen molar-refractivity contribution in [3.63, 3.8) is 0 Å². The zero-order valence-corrected chi connectivity index (χ0v) is 11.8. The first kappa shape index (κ1) is 14.2. The lowest BCUT2D eigenvalue weighted by Crippen LogP contribution is -2.52. The van der Waals surface area contributed by atoms with Crippen LogP contribution in [0.3, 0.4) is 0 Å². The monoisotopic (exact) mass is 268 g/mol. The molecule has 2 fully saturated rings. The van der Waals surface area contributed by atoms with Crippen molar-refractivity contribution in [2.75, 3.05) is 6.54 Å². The van der Waals surface area contributed by atoms with Crippen molar-refractivity contribution in [3.8, 4) is 0 Å². The van der Waals surface area contributed by atoms with Crippen molar-refractivity contribution < 1.29 is 14.7 Å². The molecule has 5 heteroatoms. The highest BCUT2D eigenvalue weighted by atomic mass is 16.4. The minimum absolute atomic E-state index is 0.0232. The van der Waals surface area contributed by atoms with Gasteiger partial charge in [-0.2, -0.15) is 0 Å². The normalized spacial score (nSPS) is 26.7. The quantitative estimate of drug-likeness (QED) is 0.714. The molecule has 1 atom stereocenters. The van der Waals surface area contributed by atoms with Crippen LogP contribution in [0.15, 0.2) is 0 Å². The number of carbonyl (C=O) groups excluding carboxylic acids is 1. The summed E-state index contributed by atoms with van der Waals surface area (Å²) in [6.07, 6.45) is 4.68. The maximum Gasteiger partial charge on any atom is 0.315 e. The van der Waals surface area contributed by atoms with Crippen molar-refractivity contribution in [2.45, 2.75) is 57.9 Å². The average Bonchev–Trinajstić information content (AvgIpc) is 2.69. The van der Waals surface area contributed by atoms with Crippen LogP contribution in [0.1, 0.15) is 52.4 Å². The molecule has 0 aromatic carbocycles. The summed E-state index contributed by atoms with van der Waals surface area (Å²) in [5, 5.41) is 14.8. The van der Waals surface area contributed by atoms with Crippen molar-refractivity contribution in [1.29, 1.82) is 0 Å². The van der Waals surface area contributed by atoms with Gasteiger partial charge in [-0.25, -0.2) is 4.79 Å². The van der Waals surface area contributed by atoms with E-state index in [0.717, 1.165) is 32.1 Å². The zero-order chi connectivity index (χ0) is 14.1. The minimum Gasteiger partial charge on any atom is -0.481 e. The first-order valence-electron chi connectivity index (χ1n) is 7.11. The van der Waals surface area contributed by atoms with Gasteiger partial charge in [0.15, 0.2) is 0 Å². The van der Waals surface area contributed by atoms with Gasteiger partial charge in [-0.3, -0.25) is 4.79 Å². The first-order chi connectivity index (χ1) is 8.83. The Bertz CT molecular complexity index is 373. The van der Waals surface area contributed by atoms with Crippen LogP contribution in [-0.2, 0) is 4.79 Å². The van der Waals surface area contributed by atoms with Gasteiger partial charge in [0.1, 0.15) is 0 Å². The van der Waals surface area contributed by atoms with Crippen LogP contribution >= 0.6 is 0 Å². The summed E-state index contributed by atoms with van der Waals surface area (Å²) >= 11 is 0. The largest absolute Gasteiger partial charge is 0.481 e. The number of aliphatic carboxylic acids is 1. The summed E-state index contributed by atoms with van der Waals surface area (Å²) in [4.78, 5) is 22.8. The number of hydrogen-bond acceptors (Lipinski definition) is 2. The predicted octanol–water partition coefficient (Wildman–Crippen LogP) is 2.12. The Labute approximate surface area is 114 Å². The van der Waals surface area contributed by atoms with E-state index in [-0.39, 0.29) is 12.5 Å². The van der Waals surface area contributed by atoms with Crippen LogP contribution in [0.25, 0.3) is 0 Å². The first-order valence-corrected chi connectivity index (χ1v) is 7.11. The summed E-state index contributed by atoms with van der Waals surface area (Å²) in [6, 6.07) is -0.217. The van der Waals surface area contributed by atoms with Gasteiger partial charge in [-0.05, 0) is 30.6 Å². The molecule has 0 saturated heterocycles. The molecule has 0 heterocycles. The second-order valence-electron chi connectivity index (χ2n) is 6.78. The second-order valence-corrected chi connectivity index (χ2v) is 6.78. The number of carbonyl (C=O) groups is 2. The van der Waals surface area contributed by atoms with Crippen LogP contribution in [0, 0.1) is 11.3 Å². The van der Waals surface area contributed by atoms with Gasteiger partial charge < -0.3 is 15.7 Å². The molecule has 0 bridgehead atoms. The van der Waals surface area contributed by atoms with E-state index in [1.807, 2.05) is 0 Å². The van der Waals surface area contributed by atoms with Crippen molar-refractivity contribution >= 4 is 12.0 Å². The van der Waals surface area contributed by atoms with Crippen molar-refractivity contribution in [2.24, 2.45) is 11.3 Å². The number of urea groups is 1. The lowest BCUT2D eigenvalue weighted by atomic mass is 9.93. The average molecular weight is 268 g/mol. The molecule has 2 aliphatic rings. The van der Waals surface area contributed by atoms with Crippen LogP contribution in [0.5, 0.6) is 0 Å². The topological polar surface area (TPSA) is 78.4 Å². The molecule has 1 unspecified atom stereocenters. The number of carboxylic acids is 1. The highest BCUT2D eigenvalue weighted by Crippen LogP contribution is 2.50. The molecule has 2 saturated carbocycles. The highest BCUT2D eigenvalue weighted by molar-refractivity contribution is 5.76. The van der Waals surface area contributed by atoms with Gasteiger partial charge in [-0.1, -0.05) is 26.7 Å². The number of hydrogen-bond donors (Lipinski definition) is 3. The van der Waals surface area contributed by atoms with Crippen molar-refractivity contribution in [1.82, 2.24) is 10.6 Å². The molecule has 2 aliphatic carbocycles. The number of carboxylic acid groups (broad SMARTS) is 1. The van der Waals surface area contributed by atoms with E-state index in [2.05, 4.69) is 24.5 Å². The Morgan fingerprint density at radius 3 is 2.32 bits per heavy atom. The van der Waals surface area contributed by atoms with Gasteiger partial charge in [0.25, 0.3) is 0 Å². The Morgan fingerprint density at radius 1 is 1.26 bits per heavy atom. The van der Waals surface area contributed by atoms with Crippen LogP contribution in [0.2, 0.25) is 0 Å². The molecule has 0 spiro atoms. The molecule has 2 rings (SSSR count). The maximum absolute atomic E-state index is 11.9. The molecule has 2 amide bonds.